The molecule has 376 valence electrons. The van der Waals surface area contributed by atoms with Crippen LogP contribution in [0.25, 0.3) is 52.5 Å². The van der Waals surface area contributed by atoms with E-state index in [1.165, 1.54) is 179 Å². The molecule has 0 saturated heterocycles. The Morgan fingerprint density at radius 2 is 0.824 bits per heavy atom. The van der Waals surface area contributed by atoms with Crippen molar-refractivity contribution >= 4 is 135 Å². The van der Waals surface area contributed by atoms with Crippen LogP contribution in [-0.2, 0) is 0 Å². The fraction of sp³-hybridized carbons (Fsp3) is 0.333. The molecule has 0 N–H and O–H groups in total. The van der Waals surface area contributed by atoms with Crippen LogP contribution in [0.3, 0.4) is 0 Å². The standard InChI is InChI=1S/C69H76N2SSi2/c1-10-14-36-73(37-15-11-2)64-28-22-19-25-56(64)70(57-26-20-23-29-65(57)73)58-41-53(45(5)6)49-32-34-52-59(42-54(46(7)8)50-31-33-51(58)68(49)69(50)52)71-60-40-47(9)30-35-66(60)74(38-16-12-3,39-17-13-4)67-43-55-48-24-18-21-27-62(48)72-63(55)44-61(67)71/h18-35,40-46H,10-17,36-39H2,1-9H3. The van der Waals surface area contributed by atoms with Crippen LogP contribution in [0.1, 0.15) is 135 Å². The Hall–Kier alpha value is -5.73. The number of fused-ring (bicyclic) bond motifs is 7. The van der Waals surface area contributed by atoms with Gasteiger partial charge in [-0.2, -0.15) is 0 Å². The Bertz CT molecular complexity index is 3680. The summed E-state index contributed by atoms with van der Waals surface area (Å²) in [7, 11) is -4.39. The monoisotopic (exact) mass is 1020 g/mol. The molecule has 0 fully saturated rings. The van der Waals surface area contributed by atoms with Gasteiger partial charge in [-0.25, -0.2) is 0 Å². The van der Waals surface area contributed by atoms with Gasteiger partial charge in [0.15, 0.2) is 0 Å². The second-order valence-electron chi connectivity index (χ2n) is 23.1. The van der Waals surface area contributed by atoms with E-state index in [1.54, 1.807) is 20.7 Å². The Balaban J connectivity index is 1.18. The first kappa shape index (κ1) is 49.2. The number of rotatable bonds is 16. The molecule has 2 aliphatic rings. The molecule has 0 spiro atoms. The molecule has 0 atom stereocenters. The molecule has 2 aliphatic heterocycles. The molecule has 0 amide bonds. The summed E-state index contributed by atoms with van der Waals surface area (Å²) < 4.78 is 2.78. The van der Waals surface area contributed by atoms with E-state index in [4.69, 9.17) is 0 Å². The molecule has 0 bridgehead atoms. The second kappa shape index (κ2) is 19.4. The second-order valence-corrected chi connectivity index (χ2v) is 32.7. The van der Waals surface area contributed by atoms with E-state index in [-0.39, 0.29) is 0 Å². The quantitative estimate of drug-likeness (QED) is 0.0703. The minimum Gasteiger partial charge on any atom is -0.310 e. The largest absolute Gasteiger partial charge is 0.310 e. The first-order valence-corrected chi connectivity index (χ1v) is 34.4. The van der Waals surface area contributed by atoms with Crippen LogP contribution in [0.4, 0.5) is 34.1 Å². The van der Waals surface area contributed by atoms with Gasteiger partial charge >= 0.3 is 0 Å². The molecule has 0 unspecified atom stereocenters. The Kier molecular flexibility index (Phi) is 12.9. The molecular weight excluding hydrogens is 945 g/mol. The first-order valence-electron chi connectivity index (χ1n) is 28.7. The summed E-state index contributed by atoms with van der Waals surface area (Å²) in [5.74, 6) is 0.651. The average molecular weight is 1020 g/mol. The Labute approximate surface area is 447 Å². The van der Waals surface area contributed by atoms with Crippen LogP contribution >= 0.6 is 11.3 Å². The normalized spacial score (nSPS) is 14.8. The molecule has 3 heterocycles. The zero-order valence-electron chi connectivity index (χ0n) is 45.7. The van der Waals surface area contributed by atoms with E-state index in [2.05, 4.69) is 212 Å². The maximum Gasteiger partial charge on any atom is 0.123 e. The van der Waals surface area contributed by atoms with Gasteiger partial charge in [-0.3, -0.25) is 0 Å². The predicted molar refractivity (Wildman–Crippen MR) is 334 cm³/mol. The van der Waals surface area contributed by atoms with Crippen molar-refractivity contribution in [3.05, 3.63) is 156 Å². The highest BCUT2D eigenvalue weighted by atomic mass is 32.1. The van der Waals surface area contributed by atoms with Crippen molar-refractivity contribution in [3.63, 3.8) is 0 Å². The van der Waals surface area contributed by atoms with Gasteiger partial charge in [0.05, 0.1) is 11.4 Å². The lowest BCUT2D eigenvalue weighted by Crippen LogP contribution is -2.62. The first-order chi connectivity index (χ1) is 36.1. The maximum absolute atomic E-state index is 2.79. The minimum absolute atomic E-state index is 0.321. The number of hydrogen-bond donors (Lipinski definition) is 0. The van der Waals surface area contributed by atoms with E-state index in [0.717, 1.165) is 0 Å². The highest BCUT2D eigenvalue weighted by Gasteiger charge is 2.47. The molecule has 10 aromatic rings. The lowest BCUT2D eigenvalue weighted by atomic mass is 9.84. The molecule has 0 aliphatic carbocycles. The van der Waals surface area contributed by atoms with Crippen molar-refractivity contribution < 1.29 is 0 Å². The van der Waals surface area contributed by atoms with Crippen LogP contribution in [0.5, 0.6) is 0 Å². The van der Waals surface area contributed by atoms with Crippen molar-refractivity contribution in [2.75, 3.05) is 9.80 Å². The molecule has 2 nitrogen and oxygen atoms in total. The van der Waals surface area contributed by atoms with Gasteiger partial charge < -0.3 is 9.80 Å². The van der Waals surface area contributed by atoms with E-state index in [9.17, 15) is 0 Å². The summed E-state index contributed by atoms with van der Waals surface area (Å²) in [6, 6.07) is 62.0. The molecule has 0 saturated carbocycles. The molecule has 9 aromatic carbocycles. The zero-order chi connectivity index (χ0) is 51.0. The van der Waals surface area contributed by atoms with Gasteiger partial charge in [-0.15, -0.1) is 11.3 Å². The van der Waals surface area contributed by atoms with Crippen molar-refractivity contribution in [1.29, 1.82) is 0 Å². The zero-order valence-corrected chi connectivity index (χ0v) is 48.5. The van der Waals surface area contributed by atoms with Crippen molar-refractivity contribution in [2.24, 2.45) is 0 Å². The summed E-state index contributed by atoms with van der Waals surface area (Å²) in [5, 5.41) is 17.7. The van der Waals surface area contributed by atoms with Gasteiger partial charge in [-0.05, 0) is 144 Å². The Morgan fingerprint density at radius 1 is 0.378 bits per heavy atom. The summed E-state index contributed by atoms with van der Waals surface area (Å²) in [6.45, 7) is 21.6. The average Bonchev–Trinajstić information content (AvgIpc) is 3.79. The number of unbranched alkanes of at least 4 members (excludes halogenated alkanes) is 4. The summed E-state index contributed by atoms with van der Waals surface area (Å²) in [4.78, 5) is 5.52. The molecule has 1 aromatic heterocycles. The summed E-state index contributed by atoms with van der Waals surface area (Å²) >= 11 is 1.97. The lowest BCUT2D eigenvalue weighted by molar-refractivity contribution is 0.837. The number of aryl methyl sites for hydroxylation is 1. The maximum atomic E-state index is 2.79. The number of para-hydroxylation sites is 2. The van der Waals surface area contributed by atoms with E-state index >= 15 is 0 Å². The summed E-state index contributed by atoms with van der Waals surface area (Å²) in [5.41, 5.74) is 12.5. The topological polar surface area (TPSA) is 6.48 Å². The van der Waals surface area contributed by atoms with E-state index in [0.29, 0.717) is 11.8 Å². The molecular formula is C69H76N2SSi2. The van der Waals surface area contributed by atoms with Crippen LogP contribution in [-0.4, -0.2) is 16.1 Å². The molecule has 12 rings (SSSR count). The number of anilines is 6. The van der Waals surface area contributed by atoms with Crippen molar-refractivity contribution in [1.82, 2.24) is 0 Å². The third-order valence-corrected chi connectivity index (χ3v) is 29.7. The third kappa shape index (κ3) is 7.48. The molecule has 5 heteroatoms. The van der Waals surface area contributed by atoms with Gasteiger partial charge in [0.1, 0.15) is 16.1 Å². The number of thiophene rings is 1. The van der Waals surface area contributed by atoms with Crippen molar-refractivity contribution in [3.8, 4) is 0 Å². The Morgan fingerprint density at radius 3 is 1.35 bits per heavy atom. The number of benzene rings is 9. The highest BCUT2D eigenvalue weighted by molar-refractivity contribution is 7.26. The van der Waals surface area contributed by atoms with Crippen LogP contribution < -0.4 is 30.5 Å². The van der Waals surface area contributed by atoms with E-state index in [1.807, 2.05) is 11.3 Å². The van der Waals surface area contributed by atoms with Crippen molar-refractivity contribution in [2.45, 2.75) is 150 Å². The third-order valence-electron chi connectivity index (χ3n) is 18.0. The minimum atomic E-state index is -2.28. The van der Waals surface area contributed by atoms with Gasteiger partial charge in [0, 0.05) is 53.7 Å². The van der Waals surface area contributed by atoms with E-state index < -0.39 is 16.1 Å². The predicted octanol–water partition coefficient (Wildman–Crippen LogP) is 19.4. The smallest absolute Gasteiger partial charge is 0.123 e. The van der Waals surface area contributed by atoms with Crippen LogP contribution in [0.15, 0.2) is 140 Å². The number of nitrogens with zero attached hydrogens (tertiary/aromatic N) is 2. The fourth-order valence-electron chi connectivity index (χ4n) is 14.4. The fourth-order valence-corrected chi connectivity index (χ4v) is 26.9. The summed E-state index contributed by atoms with van der Waals surface area (Å²) in [6.07, 6.45) is 9.95. The van der Waals surface area contributed by atoms with Crippen LogP contribution in [0, 0.1) is 6.92 Å². The molecule has 74 heavy (non-hydrogen) atoms. The molecule has 0 radical (unpaired) electrons. The highest BCUT2D eigenvalue weighted by Crippen LogP contribution is 2.53. The number of hydrogen-bond acceptors (Lipinski definition) is 3. The van der Waals surface area contributed by atoms with Gasteiger partial charge in [-0.1, -0.05) is 204 Å². The SMILES string of the molecule is CCCC[Si]1(CCCC)c2ccccc2N(c2cc(C(C)C)c3ccc4c(N5c6cc(C)ccc6[Si](CCCC)(CCCC)c6cc7c(cc65)sc5ccccc57)cc(C(C)C)c5ccc2c3c54)c2ccccc21. The van der Waals surface area contributed by atoms with Gasteiger partial charge in [0.25, 0.3) is 0 Å². The lowest BCUT2D eigenvalue weighted by Gasteiger charge is -2.46. The van der Waals surface area contributed by atoms with Gasteiger partial charge in [0.2, 0.25) is 0 Å². The van der Waals surface area contributed by atoms with Crippen LogP contribution in [0.2, 0.25) is 24.2 Å².